The number of nitrogen functional groups attached to an aromatic ring is 1. The number of benzene rings is 1. The lowest BCUT2D eigenvalue weighted by Crippen LogP contribution is -2.04. The topological polar surface area (TPSA) is 107 Å². The van der Waals surface area contributed by atoms with Crippen molar-refractivity contribution in [1.82, 2.24) is 20.0 Å². The molecule has 7 heteroatoms. The van der Waals surface area contributed by atoms with Gasteiger partial charge in [0, 0.05) is 10.8 Å². The Balaban J connectivity index is 2.25. The van der Waals surface area contributed by atoms with Gasteiger partial charge in [-0.2, -0.15) is 10.2 Å². The van der Waals surface area contributed by atoms with Gasteiger partial charge in [0.25, 0.3) is 0 Å². The fourth-order valence-corrected chi connectivity index (χ4v) is 1.84. The first-order valence-electron chi connectivity index (χ1n) is 5.46. The summed E-state index contributed by atoms with van der Waals surface area (Å²) in [6.45, 7) is 0. The standard InChI is InChI=1S/C12H9N5O2/c13-9-6-17(16-10(9)12(18)19)11-8-4-2-1-3-7(8)5-14-15-11/h1-6H,13H2,(H,18,19). The molecule has 19 heavy (non-hydrogen) atoms. The lowest BCUT2D eigenvalue weighted by molar-refractivity contribution is 0.0691. The van der Waals surface area contributed by atoms with Crippen molar-refractivity contribution in [2.45, 2.75) is 0 Å². The summed E-state index contributed by atoms with van der Waals surface area (Å²) >= 11 is 0. The van der Waals surface area contributed by atoms with E-state index in [0.29, 0.717) is 5.82 Å². The molecule has 7 nitrogen and oxygen atoms in total. The second kappa shape index (κ2) is 4.05. The van der Waals surface area contributed by atoms with E-state index in [1.165, 1.54) is 10.9 Å². The Bertz CT molecular complexity index is 775. The van der Waals surface area contributed by atoms with Crippen LogP contribution in [0.1, 0.15) is 10.5 Å². The third-order valence-corrected chi connectivity index (χ3v) is 2.71. The molecule has 0 aliphatic carbocycles. The molecule has 0 unspecified atom stereocenters. The average Bonchev–Trinajstić information content (AvgIpc) is 2.80. The molecule has 0 spiro atoms. The number of hydrogen-bond donors (Lipinski definition) is 2. The minimum Gasteiger partial charge on any atom is -0.476 e. The van der Waals surface area contributed by atoms with Crippen LogP contribution in [-0.4, -0.2) is 31.1 Å². The zero-order valence-electron chi connectivity index (χ0n) is 9.69. The first kappa shape index (κ1) is 11.1. The van der Waals surface area contributed by atoms with Gasteiger partial charge < -0.3 is 10.8 Å². The molecule has 0 saturated heterocycles. The molecule has 3 rings (SSSR count). The van der Waals surface area contributed by atoms with Crippen LogP contribution >= 0.6 is 0 Å². The van der Waals surface area contributed by atoms with Crippen molar-refractivity contribution in [2.24, 2.45) is 0 Å². The number of carbonyl (C=O) groups is 1. The van der Waals surface area contributed by atoms with E-state index in [1.807, 2.05) is 24.3 Å². The van der Waals surface area contributed by atoms with Crippen molar-refractivity contribution < 1.29 is 9.90 Å². The first-order chi connectivity index (χ1) is 9.16. The van der Waals surface area contributed by atoms with Crippen LogP contribution in [0.25, 0.3) is 16.6 Å². The summed E-state index contributed by atoms with van der Waals surface area (Å²) in [6, 6.07) is 7.49. The largest absolute Gasteiger partial charge is 0.476 e. The molecule has 0 atom stereocenters. The molecule has 0 bridgehead atoms. The zero-order valence-corrected chi connectivity index (χ0v) is 9.69. The third kappa shape index (κ3) is 1.77. The van der Waals surface area contributed by atoms with Gasteiger partial charge in [-0.1, -0.05) is 24.3 Å². The summed E-state index contributed by atoms with van der Waals surface area (Å²) in [5.74, 6) is -0.734. The van der Waals surface area contributed by atoms with Crippen LogP contribution in [0.4, 0.5) is 5.69 Å². The highest BCUT2D eigenvalue weighted by molar-refractivity contribution is 5.92. The average molecular weight is 255 g/mol. The Morgan fingerprint density at radius 1 is 1.32 bits per heavy atom. The maximum absolute atomic E-state index is 10.9. The van der Waals surface area contributed by atoms with Crippen molar-refractivity contribution >= 4 is 22.4 Å². The Kier molecular flexibility index (Phi) is 2.38. The van der Waals surface area contributed by atoms with E-state index in [2.05, 4.69) is 15.3 Å². The predicted molar refractivity (Wildman–Crippen MR) is 68.0 cm³/mol. The van der Waals surface area contributed by atoms with Crippen molar-refractivity contribution in [3.05, 3.63) is 42.4 Å². The van der Waals surface area contributed by atoms with Crippen LogP contribution < -0.4 is 5.73 Å². The fourth-order valence-electron chi connectivity index (χ4n) is 1.84. The summed E-state index contributed by atoms with van der Waals surface area (Å²) in [6.07, 6.45) is 3.05. The van der Waals surface area contributed by atoms with E-state index < -0.39 is 5.97 Å². The second-order valence-electron chi connectivity index (χ2n) is 3.94. The lowest BCUT2D eigenvalue weighted by atomic mass is 10.2. The summed E-state index contributed by atoms with van der Waals surface area (Å²) < 4.78 is 1.33. The number of carboxylic acids is 1. The number of fused-ring (bicyclic) bond motifs is 1. The molecule has 0 amide bonds. The Morgan fingerprint density at radius 2 is 2.11 bits per heavy atom. The number of anilines is 1. The second-order valence-corrected chi connectivity index (χ2v) is 3.94. The van der Waals surface area contributed by atoms with E-state index in [9.17, 15) is 4.79 Å². The molecule has 94 valence electrons. The van der Waals surface area contributed by atoms with E-state index in [0.717, 1.165) is 10.8 Å². The van der Waals surface area contributed by atoms with Gasteiger partial charge in [0.1, 0.15) is 0 Å². The molecule has 0 saturated carbocycles. The smallest absolute Gasteiger partial charge is 0.358 e. The number of nitrogens with two attached hydrogens (primary N) is 1. The zero-order chi connectivity index (χ0) is 13.4. The number of hydrogen-bond acceptors (Lipinski definition) is 5. The molecule has 0 aliphatic rings. The molecule has 1 aromatic carbocycles. The maximum atomic E-state index is 10.9. The van der Waals surface area contributed by atoms with Crippen LogP contribution in [0.15, 0.2) is 36.7 Å². The van der Waals surface area contributed by atoms with Crippen molar-refractivity contribution in [3.63, 3.8) is 0 Å². The van der Waals surface area contributed by atoms with Gasteiger partial charge in [-0.15, -0.1) is 5.10 Å². The van der Waals surface area contributed by atoms with Gasteiger partial charge in [-0.05, 0) is 0 Å². The van der Waals surface area contributed by atoms with Crippen molar-refractivity contribution in [1.29, 1.82) is 0 Å². The molecule has 0 aliphatic heterocycles. The van der Waals surface area contributed by atoms with Crippen LogP contribution in [0.3, 0.4) is 0 Å². The highest BCUT2D eigenvalue weighted by Gasteiger charge is 2.15. The summed E-state index contributed by atoms with van der Waals surface area (Å²) in [4.78, 5) is 10.9. The van der Waals surface area contributed by atoms with E-state index in [4.69, 9.17) is 10.8 Å². The molecular weight excluding hydrogens is 246 g/mol. The Labute approximate surface area is 107 Å². The monoisotopic (exact) mass is 255 g/mol. The summed E-state index contributed by atoms with van der Waals surface area (Å²) in [5.41, 5.74) is 5.50. The number of aromatic nitrogens is 4. The molecule has 3 aromatic rings. The van der Waals surface area contributed by atoms with Gasteiger partial charge in [0.05, 0.1) is 18.1 Å². The number of aromatic carboxylic acids is 1. The van der Waals surface area contributed by atoms with Crippen LogP contribution in [0.2, 0.25) is 0 Å². The van der Waals surface area contributed by atoms with Gasteiger partial charge in [-0.25, -0.2) is 9.48 Å². The SMILES string of the molecule is Nc1cn(-c2nncc3ccccc23)nc1C(=O)O. The van der Waals surface area contributed by atoms with Gasteiger partial charge >= 0.3 is 5.97 Å². The number of carboxylic acid groups (broad SMARTS) is 1. The normalized spacial score (nSPS) is 10.7. The Morgan fingerprint density at radius 3 is 2.84 bits per heavy atom. The Hall–Kier alpha value is -2.96. The predicted octanol–water partition coefficient (Wildman–Crippen LogP) is 1.10. The minimum absolute atomic E-state index is 0.0854. The van der Waals surface area contributed by atoms with E-state index in [1.54, 1.807) is 6.20 Å². The highest BCUT2D eigenvalue weighted by atomic mass is 16.4. The molecule has 3 N–H and O–H groups in total. The molecule has 0 radical (unpaired) electrons. The number of rotatable bonds is 2. The lowest BCUT2D eigenvalue weighted by Gasteiger charge is -2.03. The molecule has 2 aromatic heterocycles. The highest BCUT2D eigenvalue weighted by Crippen LogP contribution is 2.20. The van der Waals surface area contributed by atoms with Crippen LogP contribution in [0.5, 0.6) is 0 Å². The quantitative estimate of drug-likeness (QED) is 0.710. The van der Waals surface area contributed by atoms with Crippen LogP contribution in [0, 0.1) is 0 Å². The molecular formula is C12H9N5O2. The molecule has 0 fully saturated rings. The third-order valence-electron chi connectivity index (χ3n) is 2.71. The van der Waals surface area contributed by atoms with Crippen molar-refractivity contribution in [2.75, 3.05) is 5.73 Å². The summed E-state index contributed by atoms with van der Waals surface area (Å²) in [7, 11) is 0. The van der Waals surface area contributed by atoms with Crippen molar-refractivity contribution in [3.8, 4) is 5.82 Å². The first-order valence-corrected chi connectivity index (χ1v) is 5.46. The van der Waals surface area contributed by atoms with Gasteiger partial charge in [0.15, 0.2) is 11.5 Å². The van der Waals surface area contributed by atoms with E-state index >= 15 is 0 Å². The number of nitrogens with zero attached hydrogens (tertiary/aromatic N) is 4. The minimum atomic E-state index is -1.18. The fraction of sp³-hybridized carbons (Fsp3) is 0. The van der Waals surface area contributed by atoms with E-state index in [-0.39, 0.29) is 11.4 Å². The summed E-state index contributed by atoms with van der Waals surface area (Å²) in [5, 5.41) is 22.4. The molecule has 2 heterocycles. The van der Waals surface area contributed by atoms with Gasteiger partial charge in [-0.3, -0.25) is 0 Å². The maximum Gasteiger partial charge on any atom is 0.358 e. The van der Waals surface area contributed by atoms with Gasteiger partial charge in [0.2, 0.25) is 0 Å². The van der Waals surface area contributed by atoms with Crippen LogP contribution in [-0.2, 0) is 0 Å².